The monoisotopic (exact) mass is 198 g/mol. The van der Waals surface area contributed by atoms with E-state index in [4.69, 9.17) is 10.5 Å². The fraction of sp³-hybridized carbons (Fsp3) is 0. The Balaban J connectivity index is 2.30. The number of allylic oxidation sites excluding steroid dienone is 8. The second kappa shape index (κ2) is 3.15. The molecule has 2 nitrogen and oxygen atoms in total. The minimum absolute atomic E-state index is 0.192. The third kappa shape index (κ3) is 0.965. The first-order chi connectivity index (χ1) is 7.86. The van der Waals surface area contributed by atoms with Crippen molar-refractivity contribution in [3.05, 3.63) is 57.3 Å². The highest BCUT2D eigenvalue weighted by Crippen LogP contribution is 2.43. The molecule has 16 heavy (non-hydrogen) atoms. The topological polar surface area (TPSA) is 47.6 Å². The van der Waals surface area contributed by atoms with Crippen molar-refractivity contribution >= 4 is 14.6 Å². The number of nitriles is 2. The summed E-state index contributed by atoms with van der Waals surface area (Å²) in [6.07, 6.45) is 3.92. The molecule has 2 radical (unpaired) electrons. The minimum atomic E-state index is 0.192. The Bertz CT molecular complexity index is 577. The van der Waals surface area contributed by atoms with Gasteiger partial charge in [0.1, 0.15) is 17.7 Å². The molecule has 0 bridgehead atoms. The van der Waals surface area contributed by atoms with Crippen LogP contribution in [0.4, 0.5) is 0 Å². The zero-order chi connectivity index (χ0) is 11.1. The number of nitrogens with zero attached hydrogens (tertiary/aromatic N) is 2. The second-order valence-electron chi connectivity index (χ2n) is 3.68. The Labute approximate surface area is 95.0 Å². The van der Waals surface area contributed by atoms with Crippen molar-refractivity contribution in [2.24, 2.45) is 0 Å². The fourth-order valence-electron chi connectivity index (χ4n) is 2.30. The van der Waals surface area contributed by atoms with Gasteiger partial charge in [-0.25, -0.2) is 0 Å². The van der Waals surface area contributed by atoms with Crippen molar-refractivity contribution in [1.29, 1.82) is 10.5 Å². The van der Waals surface area contributed by atoms with Crippen LogP contribution in [0.3, 0.4) is 0 Å². The van der Waals surface area contributed by atoms with E-state index in [-0.39, 0.29) is 5.57 Å². The number of hydrogen-bond acceptors (Lipinski definition) is 2. The SMILES string of the molecule is N#CC(C#N)=C1C2=C([B]C=C2)C2=C1C=C[B]2. The van der Waals surface area contributed by atoms with E-state index >= 15 is 0 Å². The molecule has 1 aliphatic carbocycles. The van der Waals surface area contributed by atoms with Gasteiger partial charge in [0, 0.05) is 5.57 Å². The van der Waals surface area contributed by atoms with Crippen LogP contribution < -0.4 is 0 Å². The summed E-state index contributed by atoms with van der Waals surface area (Å²) in [6.45, 7) is 0. The summed E-state index contributed by atoms with van der Waals surface area (Å²) >= 11 is 0. The predicted molar refractivity (Wildman–Crippen MR) is 62.1 cm³/mol. The van der Waals surface area contributed by atoms with E-state index in [1.54, 1.807) is 0 Å². The lowest BCUT2D eigenvalue weighted by atomic mass is 9.58. The second-order valence-corrected chi connectivity index (χ2v) is 3.68. The molecule has 3 aliphatic rings. The molecule has 0 saturated heterocycles. The van der Waals surface area contributed by atoms with Crippen LogP contribution in [0.25, 0.3) is 0 Å². The third-order valence-electron chi connectivity index (χ3n) is 2.93. The number of hydrogen-bond donors (Lipinski definition) is 0. The fourth-order valence-corrected chi connectivity index (χ4v) is 2.30. The Morgan fingerprint density at radius 2 is 1.44 bits per heavy atom. The van der Waals surface area contributed by atoms with E-state index < -0.39 is 0 Å². The predicted octanol–water partition coefficient (Wildman–Crippen LogP) is 1.31. The summed E-state index contributed by atoms with van der Waals surface area (Å²) in [5.74, 6) is 3.90. The molecule has 2 aliphatic heterocycles. The van der Waals surface area contributed by atoms with Crippen molar-refractivity contribution in [2.45, 2.75) is 0 Å². The first kappa shape index (κ1) is 9.07. The van der Waals surface area contributed by atoms with Gasteiger partial charge in [0.2, 0.25) is 0 Å². The van der Waals surface area contributed by atoms with Gasteiger partial charge in [-0.2, -0.15) is 10.5 Å². The minimum Gasteiger partial charge on any atom is -0.192 e. The average Bonchev–Trinajstić information content (AvgIpc) is 2.95. The molecule has 0 saturated carbocycles. The normalized spacial score (nSPS) is 19.0. The molecular formula is C12H4B2N2. The first-order valence-corrected chi connectivity index (χ1v) is 4.94. The molecule has 0 aromatic heterocycles. The van der Waals surface area contributed by atoms with Gasteiger partial charge in [-0.05, 0) is 11.1 Å². The molecule has 0 unspecified atom stereocenters. The van der Waals surface area contributed by atoms with Gasteiger partial charge in [-0.3, -0.25) is 0 Å². The van der Waals surface area contributed by atoms with Crippen LogP contribution in [0.15, 0.2) is 57.3 Å². The molecule has 68 valence electrons. The van der Waals surface area contributed by atoms with Crippen molar-refractivity contribution < 1.29 is 0 Å². The summed E-state index contributed by atoms with van der Waals surface area (Å²) in [5.41, 5.74) is 5.23. The van der Waals surface area contributed by atoms with Gasteiger partial charge in [0.25, 0.3) is 0 Å². The van der Waals surface area contributed by atoms with Gasteiger partial charge in [-0.1, -0.05) is 23.1 Å². The van der Waals surface area contributed by atoms with Gasteiger partial charge >= 0.3 is 0 Å². The van der Waals surface area contributed by atoms with E-state index in [0.29, 0.717) is 0 Å². The standard InChI is InChI=1S/C12H4B2N2/c15-5-7(6-16)10-8-1-3-13-11(8)12-9(10)2-4-14-12/h1-4H. The lowest BCUT2D eigenvalue weighted by Crippen LogP contribution is -1.97. The smallest absolute Gasteiger partial charge is 0.181 e. The first-order valence-electron chi connectivity index (χ1n) is 4.94. The van der Waals surface area contributed by atoms with Gasteiger partial charge in [0.15, 0.2) is 14.6 Å². The number of rotatable bonds is 0. The zero-order valence-corrected chi connectivity index (χ0v) is 8.36. The van der Waals surface area contributed by atoms with Crippen molar-refractivity contribution in [1.82, 2.24) is 0 Å². The summed E-state index contributed by atoms with van der Waals surface area (Å²) < 4.78 is 0. The highest BCUT2D eigenvalue weighted by atomic mass is 14.3. The molecule has 0 N–H and O–H groups in total. The van der Waals surface area contributed by atoms with Crippen LogP contribution >= 0.6 is 0 Å². The molecule has 0 aromatic rings. The van der Waals surface area contributed by atoms with E-state index in [0.717, 1.165) is 27.7 Å². The summed E-state index contributed by atoms with van der Waals surface area (Å²) in [6, 6.07) is 3.95. The van der Waals surface area contributed by atoms with Crippen molar-refractivity contribution in [3.8, 4) is 12.1 Å². The maximum absolute atomic E-state index is 8.98. The van der Waals surface area contributed by atoms with E-state index in [9.17, 15) is 0 Å². The van der Waals surface area contributed by atoms with Crippen LogP contribution in [0, 0.1) is 22.7 Å². The van der Waals surface area contributed by atoms with Crippen LogP contribution in [0.5, 0.6) is 0 Å². The van der Waals surface area contributed by atoms with Gasteiger partial charge < -0.3 is 0 Å². The zero-order valence-electron chi connectivity index (χ0n) is 8.36. The molecule has 0 atom stereocenters. The highest BCUT2D eigenvalue weighted by Gasteiger charge is 2.31. The lowest BCUT2D eigenvalue weighted by molar-refractivity contribution is 1.41. The van der Waals surface area contributed by atoms with Crippen LogP contribution in [-0.2, 0) is 0 Å². The molecule has 2 heterocycles. The Kier molecular flexibility index (Phi) is 1.79. The quantitative estimate of drug-likeness (QED) is 0.435. The van der Waals surface area contributed by atoms with Crippen LogP contribution in [-0.4, -0.2) is 14.6 Å². The Hall–Kier alpha value is -2.19. The molecule has 0 spiro atoms. The van der Waals surface area contributed by atoms with Crippen molar-refractivity contribution in [2.75, 3.05) is 0 Å². The van der Waals surface area contributed by atoms with Crippen LogP contribution in [0.2, 0.25) is 0 Å². The Morgan fingerprint density at radius 1 is 0.938 bits per heavy atom. The maximum Gasteiger partial charge on any atom is 0.181 e. The lowest BCUT2D eigenvalue weighted by Gasteiger charge is -2.03. The average molecular weight is 198 g/mol. The number of fused-ring (bicyclic) bond motifs is 1. The van der Waals surface area contributed by atoms with Crippen molar-refractivity contribution in [3.63, 3.8) is 0 Å². The molecule has 0 aromatic carbocycles. The molecular weight excluding hydrogens is 194 g/mol. The molecule has 0 fully saturated rings. The van der Waals surface area contributed by atoms with Gasteiger partial charge in [0.05, 0.1) is 0 Å². The van der Waals surface area contributed by atoms with E-state index in [2.05, 4.69) is 0 Å². The van der Waals surface area contributed by atoms with Gasteiger partial charge in [-0.15, -0.1) is 12.0 Å². The van der Waals surface area contributed by atoms with Crippen LogP contribution in [0.1, 0.15) is 0 Å². The highest BCUT2D eigenvalue weighted by molar-refractivity contribution is 6.65. The summed E-state index contributed by atoms with van der Waals surface area (Å²) in [5, 5.41) is 18.0. The third-order valence-corrected chi connectivity index (χ3v) is 2.93. The Morgan fingerprint density at radius 3 is 1.88 bits per heavy atom. The van der Waals surface area contributed by atoms with E-state index in [1.807, 2.05) is 50.8 Å². The maximum atomic E-state index is 8.98. The van der Waals surface area contributed by atoms with E-state index in [1.165, 1.54) is 0 Å². The summed E-state index contributed by atoms with van der Waals surface area (Å²) in [4.78, 5) is 0. The molecule has 3 rings (SSSR count). The largest absolute Gasteiger partial charge is 0.192 e. The molecule has 4 heteroatoms. The molecule has 0 amide bonds. The summed E-state index contributed by atoms with van der Waals surface area (Å²) in [7, 11) is 4.04.